The fourth-order valence-electron chi connectivity index (χ4n) is 1.31. The van der Waals surface area contributed by atoms with E-state index in [9.17, 15) is 8.42 Å². The average Bonchev–Trinajstić information content (AvgIpc) is 2.34. The molecule has 114 valence electrons. The minimum Gasteiger partial charge on any atom is -0.414 e. The fraction of sp³-hybridized carbons (Fsp3) is 0.571. The third-order valence-electron chi connectivity index (χ3n) is 3.62. The summed E-state index contributed by atoms with van der Waals surface area (Å²) >= 11 is 0. The van der Waals surface area contributed by atoms with Crippen molar-refractivity contribution in [1.29, 1.82) is 0 Å². The molecule has 1 aromatic carbocycles. The van der Waals surface area contributed by atoms with Crippen LogP contribution in [0.1, 0.15) is 20.8 Å². The Hall–Kier alpha value is -0.693. The zero-order valence-electron chi connectivity index (χ0n) is 12.8. The maximum absolute atomic E-state index is 11.9. The molecule has 1 aromatic rings. The highest BCUT2D eigenvalue weighted by atomic mass is 32.2. The predicted molar refractivity (Wildman–Crippen MR) is 82.7 cm³/mol. The van der Waals surface area contributed by atoms with Crippen molar-refractivity contribution in [3.05, 3.63) is 30.3 Å². The Kier molecular flexibility index (Phi) is 5.54. The smallest absolute Gasteiger partial charge is 0.297 e. The maximum atomic E-state index is 11.9. The predicted octanol–water partition coefficient (Wildman–Crippen LogP) is 3.41. The van der Waals surface area contributed by atoms with Gasteiger partial charge in [0.2, 0.25) is 0 Å². The van der Waals surface area contributed by atoms with Gasteiger partial charge in [-0.2, -0.15) is 8.42 Å². The van der Waals surface area contributed by atoms with Gasteiger partial charge in [-0.3, -0.25) is 4.18 Å². The van der Waals surface area contributed by atoms with E-state index in [-0.39, 0.29) is 16.5 Å². The van der Waals surface area contributed by atoms with Crippen LogP contribution in [0.2, 0.25) is 18.1 Å². The molecule has 0 radical (unpaired) electrons. The van der Waals surface area contributed by atoms with Gasteiger partial charge in [-0.1, -0.05) is 39.0 Å². The summed E-state index contributed by atoms with van der Waals surface area (Å²) in [6, 6.07) is 8.14. The summed E-state index contributed by atoms with van der Waals surface area (Å²) < 4.78 is 34.6. The van der Waals surface area contributed by atoms with E-state index in [4.69, 9.17) is 8.61 Å². The van der Waals surface area contributed by atoms with Crippen LogP contribution in [0, 0.1) is 0 Å². The van der Waals surface area contributed by atoms with Crippen LogP contribution in [0.4, 0.5) is 0 Å². The first-order chi connectivity index (χ1) is 9.06. The van der Waals surface area contributed by atoms with Gasteiger partial charge in [0.15, 0.2) is 8.32 Å². The van der Waals surface area contributed by atoms with E-state index in [0.717, 1.165) is 0 Å². The molecule has 1 rings (SSSR count). The summed E-state index contributed by atoms with van der Waals surface area (Å²) in [5.74, 6) is 0. The quantitative estimate of drug-likeness (QED) is 0.458. The Morgan fingerprint density at radius 3 is 2.10 bits per heavy atom. The summed E-state index contributed by atoms with van der Waals surface area (Å²) in [4.78, 5) is 0.173. The average molecular weight is 316 g/mol. The summed E-state index contributed by atoms with van der Waals surface area (Å²) in [7, 11) is -5.53. The zero-order chi connectivity index (χ0) is 15.4. The third-order valence-corrected chi connectivity index (χ3v) is 9.49. The lowest BCUT2D eigenvalue weighted by Crippen LogP contribution is -2.41. The Bertz CT molecular complexity index is 518. The Balaban J connectivity index is 2.50. The minimum absolute atomic E-state index is 0.0454. The van der Waals surface area contributed by atoms with E-state index < -0.39 is 18.4 Å². The number of rotatable bonds is 6. The van der Waals surface area contributed by atoms with Crippen molar-refractivity contribution in [3.63, 3.8) is 0 Å². The van der Waals surface area contributed by atoms with Crippen LogP contribution in [0.15, 0.2) is 35.2 Å². The van der Waals surface area contributed by atoms with Crippen molar-refractivity contribution in [2.45, 2.75) is 43.8 Å². The van der Waals surface area contributed by atoms with Gasteiger partial charge in [0.1, 0.15) is 0 Å². The van der Waals surface area contributed by atoms with Crippen molar-refractivity contribution in [1.82, 2.24) is 0 Å². The number of hydrogen-bond acceptors (Lipinski definition) is 4. The Labute approximate surface area is 123 Å². The first-order valence-electron chi connectivity index (χ1n) is 6.65. The SMILES string of the molecule is CC(C)(C)[Si](C)(C)OCCOS(=O)(=O)c1ccccc1. The molecule has 0 unspecified atom stereocenters. The van der Waals surface area contributed by atoms with Crippen molar-refractivity contribution >= 4 is 18.4 Å². The molecule has 4 nitrogen and oxygen atoms in total. The highest BCUT2D eigenvalue weighted by Crippen LogP contribution is 2.36. The molecule has 0 bridgehead atoms. The summed E-state index contributed by atoms with van der Waals surface area (Å²) in [6.07, 6.45) is 0. The van der Waals surface area contributed by atoms with E-state index in [2.05, 4.69) is 33.9 Å². The third kappa shape index (κ3) is 4.70. The van der Waals surface area contributed by atoms with E-state index in [0.29, 0.717) is 6.61 Å². The molecular formula is C14H24O4SSi. The number of hydrogen-bond donors (Lipinski definition) is 0. The first kappa shape index (κ1) is 17.4. The number of benzene rings is 1. The highest BCUT2D eigenvalue weighted by molar-refractivity contribution is 7.86. The molecule has 6 heteroatoms. The molecule has 0 aliphatic heterocycles. The lowest BCUT2D eigenvalue weighted by Gasteiger charge is -2.36. The Morgan fingerprint density at radius 1 is 1.05 bits per heavy atom. The van der Waals surface area contributed by atoms with Crippen molar-refractivity contribution in [2.24, 2.45) is 0 Å². The molecule has 0 amide bonds. The van der Waals surface area contributed by atoms with Gasteiger partial charge in [-0.05, 0) is 30.3 Å². The minimum atomic E-state index is -3.68. The monoisotopic (exact) mass is 316 g/mol. The van der Waals surface area contributed by atoms with Crippen LogP contribution in [0.25, 0.3) is 0 Å². The van der Waals surface area contributed by atoms with E-state index >= 15 is 0 Å². The molecule has 0 heterocycles. The summed E-state index contributed by atoms with van der Waals surface area (Å²) in [6.45, 7) is 11.0. The van der Waals surface area contributed by atoms with Crippen LogP contribution in [-0.2, 0) is 18.7 Å². The second kappa shape index (κ2) is 6.38. The lowest BCUT2D eigenvalue weighted by molar-refractivity contribution is 0.207. The molecular weight excluding hydrogens is 292 g/mol. The van der Waals surface area contributed by atoms with Crippen LogP contribution >= 0.6 is 0 Å². The van der Waals surface area contributed by atoms with Crippen LogP contribution in [-0.4, -0.2) is 29.9 Å². The van der Waals surface area contributed by atoms with Crippen LogP contribution in [0.5, 0.6) is 0 Å². The van der Waals surface area contributed by atoms with Crippen molar-refractivity contribution < 1.29 is 17.0 Å². The van der Waals surface area contributed by atoms with Crippen molar-refractivity contribution in [3.8, 4) is 0 Å². The molecule has 0 aromatic heterocycles. The van der Waals surface area contributed by atoms with Gasteiger partial charge in [0.05, 0.1) is 18.1 Å². The zero-order valence-corrected chi connectivity index (χ0v) is 14.7. The molecule has 20 heavy (non-hydrogen) atoms. The molecule has 0 N–H and O–H groups in total. The van der Waals surface area contributed by atoms with Gasteiger partial charge in [0.25, 0.3) is 10.1 Å². The van der Waals surface area contributed by atoms with E-state index in [1.165, 1.54) is 12.1 Å². The molecule has 0 aliphatic carbocycles. The molecule has 0 saturated heterocycles. The standard InChI is InChI=1S/C14H24O4SSi/c1-14(2,3)20(4,5)18-12-11-17-19(15,16)13-9-7-6-8-10-13/h6-10H,11-12H2,1-5H3. The molecule has 0 aliphatic rings. The van der Waals surface area contributed by atoms with Gasteiger partial charge in [-0.15, -0.1) is 0 Å². The lowest BCUT2D eigenvalue weighted by atomic mass is 10.2. The van der Waals surface area contributed by atoms with Crippen LogP contribution in [0.3, 0.4) is 0 Å². The highest BCUT2D eigenvalue weighted by Gasteiger charge is 2.37. The molecule has 0 saturated carbocycles. The second-order valence-corrected chi connectivity index (χ2v) is 12.6. The van der Waals surface area contributed by atoms with Gasteiger partial charge in [-0.25, -0.2) is 0 Å². The largest absolute Gasteiger partial charge is 0.414 e. The van der Waals surface area contributed by atoms with Gasteiger partial charge in [0, 0.05) is 0 Å². The summed E-state index contributed by atoms with van der Waals surface area (Å²) in [5, 5.41) is 0.102. The Morgan fingerprint density at radius 2 is 1.60 bits per heavy atom. The molecule has 0 spiro atoms. The van der Waals surface area contributed by atoms with Gasteiger partial charge >= 0.3 is 0 Å². The molecule has 0 fully saturated rings. The topological polar surface area (TPSA) is 52.6 Å². The fourth-order valence-corrected chi connectivity index (χ4v) is 3.25. The van der Waals surface area contributed by atoms with Crippen molar-refractivity contribution in [2.75, 3.05) is 13.2 Å². The maximum Gasteiger partial charge on any atom is 0.297 e. The second-order valence-electron chi connectivity index (χ2n) is 6.20. The normalized spacial score (nSPS) is 13.4. The van der Waals surface area contributed by atoms with E-state index in [1.807, 2.05) is 0 Å². The first-order valence-corrected chi connectivity index (χ1v) is 11.0. The summed E-state index contributed by atoms with van der Waals surface area (Å²) in [5.41, 5.74) is 0. The van der Waals surface area contributed by atoms with Crippen LogP contribution < -0.4 is 0 Å². The van der Waals surface area contributed by atoms with Gasteiger partial charge < -0.3 is 4.43 Å². The molecule has 0 atom stereocenters. The van der Waals surface area contributed by atoms with E-state index in [1.54, 1.807) is 18.2 Å².